The smallest absolute Gasteiger partial charge is 0.132 e. The van der Waals surface area contributed by atoms with Crippen LogP contribution >= 0.6 is 11.6 Å². The van der Waals surface area contributed by atoms with Gasteiger partial charge in [-0.25, -0.2) is 0 Å². The van der Waals surface area contributed by atoms with Crippen molar-refractivity contribution in [1.82, 2.24) is 0 Å². The van der Waals surface area contributed by atoms with Crippen LogP contribution in [0.3, 0.4) is 0 Å². The molecule has 0 radical (unpaired) electrons. The molecule has 0 heterocycles. The summed E-state index contributed by atoms with van der Waals surface area (Å²) >= 11 is 5.98. The highest BCUT2D eigenvalue weighted by molar-refractivity contribution is 6.31. The van der Waals surface area contributed by atoms with E-state index >= 15 is 0 Å². The molecular weight excluding hydrogens is 252 g/mol. The third kappa shape index (κ3) is 2.82. The van der Waals surface area contributed by atoms with Crippen LogP contribution in [0.1, 0.15) is 11.1 Å². The Morgan fingerprint density at radius 3 is 2.33 bits per heavy atom. The first-order valence-corrected chi connectivity index (χ1v) is 5.88. The predicted octanol–water partition coefficient (Wildman–Crippen LogP) is 3.12. The van der Waals surface area contributed by atoms with Gasteiger partial charge in [0.1, 0.15) is 11.5 Å². The van der Waals surface area contributed by atoms with Crippen LogP contribution in [0.5, 0.6) is 11.5 Å². The van der Waals surface area contributed by atoms with Gasteiger partial charge in [0, 0.05) is 10.6 Å². The maximum absolute atomic E-state index is 9.19. The van der Waals surface area contributed by atoms with Gasteiger partial charge in [-0.1, -0.05) is 35.9 Å². The van der Waals surface area contributed by atoms with E-state index in [1.807, 2.05) is 12.1 Å². The van der Waals surface area contributed by atoms with Crippen LogP contribution in [0.4, 0.5) is 0 Å². The fraction of sp³-hybridized carbons (Fsp3) is 0.143. The number of rotatable bonds is 4. The Morgan fingerprint density at radius 2 is 1.67 bits per heavy atom. The molecule has 0 bridgehead atoms. The van der Waals surface area contributed by atoms with Crippen molar-refractivity contribution < 1.29 is 14.9 Å². The third-order valence-electron chi connectivity index (χ3n) is 2.57. The van der Waals surface area contributed by atoms with E-state index in [0.717, 1.165) is 0 Å². The van der Waals surface area contributed by atoms with Crippen molar-refractivity contribution in [2.75, 3.05) is 0 Å². The van der Waals surface area contributed by atoms with Gasteiger partial charge in [0.05, 0.1) is 13.2 Å². The zero-order valence-corrected chi connectivity index (χ0v) is 10.4. The number of benzene rings is 2. The first-order chi connectivity index (χ1) is 8.74. The highest BCUT2D eigenvalue weighted by Gasteiger charge is 2.05. The van der Waals surface area contributed by atoms with Crippen molar-refractivity contribution in [3.63, 3.8) is 0 Å². The molecule has 0 unspecified atom stereocenters. The minimum absolute atomic E-state index is 0.0847. The number of aliphatic hydroxyl groups excluding tert-OH is 2. The summed E-state index contributed by atoms with van der Waals surface area (Å²) in [5, 5.41) is 18.7. The Balaban J connectivity index is 2.26. The van der Waals surface area contributed by atoms with Gasteiger partial charge in [-0.15, -0.1) is 0 Å². The number of halogens is 1. The van der Waals surface area contributed by atoms with E-state index in [-0.39, 0.29) is 13.2 Å². The number of ether oxygens (including phenoxy) is 1. The maximum Gasteiger partial charge on any atom is 0.132 e. The Labute approximate surface area is 110 Å². The number of para-hydroxylation sites is 1. The fourth-order valence-electron chi connectivity index (χ4n) is 1.58. The molecule has 94 valence electrons. The van der Waals surface area contributed by atoms with Crippen LogP contribution in [-0.2, 0) is 13.2 Å². The summed E-state index contributed by atoms with van der Waals surface area (Å²) in [6.07, 6.45) is 0. The minimum Gasteiger partial charge on any atom is -0.457 e. The molecule has 2 aromatic carbocycles. The Bertz CT molecular complexity index is 540. The van der Waals surface area contributed by atoms with Gasteiger partial charge in [0.15, 0.2) is 0 Å². The second kappa shape index (κ2) is 5.87. The van der Waals surface area contributed by atoms with Crippen molar-refractivity contribution in [1.29, 1.82) is 0 Å². The minimum atomic E-state index is -0.105. The quantitative estimate of drug-likeness (QED) is 0.892. The molecular formula is C14H13ClO3. The van der Waals surface area contributed by atoms with E-state index in [2.05, 4.69) is 0 Å². The second-order valence-electron chi connectivity index (χ2n) is 3.78. The van der Waals surface area contributed by atoms with Crippen LogP contribution in [0.2, 0.25) is 5.02 Å². The molecule has 0 aromatic heterocycles. The van der Waals surface area contributed by atoms with E-state index in [1.54, 1.807) is 30.3 Å². The SMILES string of the molecule is OCc1ccc(Oc2ccccc2CO)cc1Cl. The Kier molecular flexibility index (Phi) is 4.20. The molecule has 2 N–H and O–H groups in total. The molecule has 18 heavy (non-hydrogen) atoms. The molecule has 2 rings (SSSR count). The summed E-state index contributed by atoms with van der Waals surface area (Å²) in [5.74, 6) is 1.16. The van der Waals surface area contributed by atoms with Crippen molar-refractivity contribution in [3.05, 3.63) is 58.6 Å². The van der Waals surface area contributed by atoms with Gasteiger partial charge in [-0.2, -0.15) is 0 Å². The summed E-state index contributed by atoms with van der Waals surface area (Å²) in [7, 11) is 0. The van der Waals surface area contributed by atoms with Gasteiger partial charge in [-0.3, -0.25) is 0 Å². The van der Waals surface area contributed by atoms with Crippen LogP contribution in [0.25, 0.3) is 0 Å². The molecule has 0 fully saturated rings. The molecule has 3 nitrogen and oxygen atoms in total. The molecule has 0 amide bonds. The number of aliphatic hydroxyl groups is 2. The van der Waals surface area contributed by atoms with E-state index in [9.17, 15) is 5.11 Å². The van der Waals surface area contributed by atoms with Gasteiger partial charge in [0.25, 0.3) is 0 Å². The molecule has 0 aliphatic rings. The largest absolute Gasteiger partial charge is 0.457 e. The predicted molar refractivity (Wildman–Crippen MR) is 69.8 cm³/mol. The zero-order chi connectivity index (χ0) is 13.0. The normalized spacial score (nSPS) is 10.4. The first kappa shape index (κ1) is 12.9. The van der Waals surface area contributed by atoms with Crippen LogP contribution in [0.15, 0.2) is 42.5 Å². The summed E-state index contributed by atoms with van der Waals surface area (Å²) in [4.78, 5) is 0. The summed E-state index contributed by atoms with van der Waals surface area (Å²) in [6, 6.07) is 12.3. The van der Waals surface area contributed by atoms with E-state index in [1.165, 1.54) is 0 Å². The van der Waals surface area contributed by atoms with Crippen molar-refractivity contribution in [3.8, 4) is 11.5 Å². The highest BCUT2D eigenvalue weighted by Crippen LogP contribution is 2.28. The number of hydrogen-bond donors (Lipinski definition) is 2. The Morgan fingerprint density at radius 1 is 0.944 bits per heavy atom. The summed E-state index contributed by atoms with van der Waals surface area (Å²) in [5.41, 5.74) is 1.36. The zero-order valence-electron chi connectivity index (χ0n) is 9.64. The lowest BCUT2D eigenvalue weighted by Gasteiger charge is -2.10. The van der Waals surface area contributed by atoms with E-state index in [4.69, 9.17) is 21.4 Å². The molecule has 2 aromatic rings. The van der Waals surface area contributed by atoms with Gasteiger partial charge in [-0.05, 0) is 23.8 Å². The average molecular weight is 265 g/mol. The molecule has 4 heteroatoms. The molecule has 0 saturated carbocycles. The van der Waals surface area contributed by atoms with Crippen molar-refractivity contribution >= 4 is 11.6 Å². The monoisotopic (exact) mass is 264 g/mol. The number of hydrogen-bond acceptors (Lipinski definition) is 3. The molecule has 0 aliphatic heterocycles. The van der Waals surface area contributed by atoms with Gasteiger partial charge in [0.2, 0.25) is 0 Å². The van der Waals surface area contributed by atoms with Crippen molar-refractivity contribution in [2.45, 2.75) is 13.2 Å². The summed E-state index contributed by atoms with van der Waals surface area (Å²) in [6.45, 7) is -0.190. The lowest BCUT2D eigenvalue weighted by molar-refractivity contribution is 0.276. The van der Waals surface area contributed by atoms with Crippen LogP contribution < -0.4 is 4.74 Å². The standard InChI is InChI=1S/C14H13ClO3/c15-13-7-12(6-5-10(13)8-16)18-14-4-2-1-3-11(14)9-17/h1-7,16-17H,8-9H2. The van der Waals surface area contributed by atoms with Crippen LogP contribution in [-0.4, -0.2) is 10.2 Å². The lowest BCUT2D eigenvalue weighted by atomic mass is 10.2. The summed E-state index contributed by atoms with van der Waals surface area (Å²) < 4.78 is 5.65. The fourth-order valence-corrected chi connectivity index (χ4v) is 1.81. The Hall–Kier alpha value is -1.55. The molecule has 0 saturated heterocycles. The first-order valence-electron chi connectivity index (χ1n) is 5.50. The van der Waals surface area contributed by atoms with Gasteiger partial charge >= 0.3 is 0 Å². The van der Waals surface area contributed by atoms with Crippen LogP contribution in [0, 0.1) is 0 Å². The van der Waals surface area contributed by atoms with E-state index in [0.29, 0.717) is 27.6 Å². The second-order valence-corrected chi connectivity index (χ2v) is 4.19. The lowest BCUT2D eigenvalue weighted by Crippen LogP contribution is -1.92. The highest BCUT2D eigenvalue weighted by atomic mass is 35.5. The third-order valence-corrected chi connectivity index (χ3v) is 2.92. The maximum atomic E-state index is 9.19. The average Bonchev–Trinajstić information content (AvgIpc) is 2.39. The van der Waals surface area contributed by atoms with E-state index < -0.39 is 0 Å². The topological polar surface area (TPSA) is 49.7 Å². The van der Waals surface area contributed by atoms with Gasteiger partial charge < -0.3 is 14.9 Å². The molecule has 0 aliphatic carbocycles. The van der Waals surface area contributed by atoms with Crippen molar-refractivity contribution in [2.24, 2.45) is 0 Å². The molecule has 0 spiro atoms. The molecule has 0 atom stereocenters.